The monoisotopic (exact) mass is 237 g/mol. The molecule has 0 fully saturated rings. The van der Waals surface area contributed by atoms with Crippen molar-refractivity contribution >= 4 is 17.9 Å². The summed E-state index contributed by atoms with van der Waals surface area (Å²) < 4.78 is 5.41. The van der Waals surface area contributed by atoms with Gasteiger partial charge < -0.3 is 10.1 Å². The summed E-state index contributed by atoms with van der Waals surface area (Å²) in [5.74, 6) is 0.660. The molecule has 0 saturated heterocycles. The van der Waals surface area contributed by atoms with Crippen LogP contribution in [0.3, 0.4) is 0 Å². The fraction of sp³-hybridized carbons (Fsp3) is 0.417. The Kier molecular flexibility index (Phi) is 2.84. The van der Waals surface area contributed by atoms with Crippen LogP contribution >= 0.6 is 11.8 Å². The molecular weight excluding hydrogens is 222 g/mol. The molecule has 1 aromatic carbocycles. The number of nitrogens with one attached hydrogen (secondary N) is 1. The number of rotatable bonds is 1. The molecule has 0 saturated carbocycles. The fourth-order valence-corrected chi connectivity index (χ4v) is 3.08. The van der Waals surface area contributed by atoms with Gasteiger partial charge in [-0.3, -0.25) is 0 Å². The van der Waals surface area contributed by atoms with Crippen molar-refractivity contribution in [1.29, 1.82) is 0 Å². The Morgan fingerprint density at radius 2 is 2.25 bits per heavy atom. The summed E-state index contributed by atoms with van der Waals surface area (Å²) in [6, 6.07) is 5.86. The molecule has 1 amide bonds. The molecule has 0 radical (unpaired) electrons. The maximum Gasteiger partial charge on any atom is 0.412 e. The van der Waals surface area contributed by atoms with E-state index in [0.29, 0.717) is 5.75 Å². The van der Waals surface area contributed by atoms with E-state index in [4.69, 9.17) is 4.74 Å². The van der Waals surface area contributed by atoms with Crippen LogP contribution in [0.2, 0.25) is 0 Å². The molecule has 0 unspecified atom stereocenters. The zero-order valence-corrected chi connectivity index (χ0v) is 10.5. The quantitative estimate of drug-likeness (QED) is 0.816. The van der Waals surface area contributed by atoms with Crippen LogP contribution in [0, 0.1) is 0 Å². The normalized spacial score (nSPS) is 16.7. The Morgan fingerprint density at radius 3 is 2.94 bits per heavy atom. The molecule has 0 spiro atoms. The number of fused-ring (bicyclic) bond motifs is 1. The highest BCUT2D eigenvalue weighted by Crippen LogP contribution is 2.48. The minimum atomic E-state index is -0.418. The molecule has 1 aliphatic rings. The first kappa shape index (κ1) is 11.3. The molecule has 3 nitrogen and oxygen atoms in total. The molecular formula is C12H15NO2S. The third kappa shape index (κ3) is 2.16. The van der Waals surface area contributed by atoms with E-state index in [9.17, 15) is 4.79 Å². The highest BCUT2D eigenvalue weighted by atomic mass is 32.2. The van der Waals surface area contributed by atoms with Gasteiger partial charge in [-0.05, 0) is 18.1 Å². The van der Waals surface area contributed by atoms with Crippen molar-refractivity contribution in [2.75, 3.05) is 7.05 Å². The summed E-state index contributed by atoms with van der Waals surface area (Å²) in [6.45, 7) is 4.39. The summed E-state index contributed by atoms with van der Waals surface area (Å²) in [5.41, 5.74) is 1.26. The Bertz CT molecular complexity index is 429. The van der Waals surface area contributed by atoms with Gasteiger partial charge in [0.2, 0.25) is 0 Å². The molecule has 0 aliphatic carbocycles. The summed E-state index contributed by atoms with van der Waals surface area (Å²) in [7, 11) is 1.56. The molecule has 1 aromatic rings. The fourth-order valence-electron chi connectivity index (χ4n) is 1.82. The van der Waals surface area contributed by atoms with Crippen molar-refractivity contribution in [2.45, 2.75) is 29.9 Å². The minimum absolute atomic E-state index is 0.185. The number of ether oxygens (including phenoxy) is 1. The lowest BCUT2D eigenvalue weighted by atomic mass is 10.0. The first-order valence-corrected chi connectivity index (χ1v) is 6.04. The van der Waals surface area contributed by atoms with Gasteiger partial charge >= 0.3 is 6.09 Å². The predicted molar refractivity (Wildman–Crippen MR) is 65.2 cm³/mol. The van der Waals surface area contributed by atoms with Crippen molar-refractivity contribution in [2.24, 2.45) is 0 Å². The van der Waals surface area contributed by atoms with Gasteiger partial charge in [-0.15, -0.1) is 11.8 Å². The molecule has 16 heavy (non-hydrogen) atoms. The lowest BCUT2D eigenvalue weighted by molar-refractivity contribution is 0.202. The lowest BCUT2D eigenvalue weighted by Crippen LogP contribution is -2.22. The van der Waals surface area contributed by atoms with Gasteiger partial charge in [0.1, 0.15) is 5.75 Å². The number of carbonyl (C=O) groups excluding carboxylic acids is 1. The highest BCUT2D eigenvalue weighted by molar-refractivity contribution is 8.01. The van der Waals surface area contributed by atoms with Crippen LogP contribution in [-0.4, -0.2) is 17.9 Å². The molecule has 2 rings (SSSR count). The Hall–Kier alpha value is -1.16. The summed E-state index contributed by atoms with van der Waals surface area (Å²) in [6.07, 6.45) is 0.594. The smallest absolute Gasteiger partial charge is 0.409 e. The van der Waals surface area contributed by atoms with Gasteiger partial charge in [0.15, 0.2) is 0 Å². The van der Waals surface area contributed by atoms with Crippen molar-refractivity contribution in [3.8, 4) is 5.75 Å². The van der Waals surface area contributed by atoms with Crippen molar-refractivity contribution in [1.82, 2.24) is 5.32 Å². The lowest BCUT2D eigenvalue weighted by Gasteiger charge is -2.14. The van der Waals surface area contributed by atoms with Crippen LogP contribution in [0.25, 0.3) is 0 Å². The van der Waals surface area contributed by atoms with Crippen LogP contribution in [0.4, 0.5) is 4.79 Å². The minimum Gasteiger partial charge on any atom is -0.409 e. The van der Waals surface area contributed by atoms with Gasteiger partial charge in [0.05, 0.1) is 4.90 Å². The van der Waals surface area contributed by atoms with Crippen molar-refractivity contribution in [3.63, 3.8) is 0 Å². The van der Waals surface area contributed by atoms with Gasteiger partial charge in [-0.1, -0.05) is 26.0 Å². The van der Waals surface area contributed by atoms with Crippen molar-refractivity contribution in [3.05, 3.63) is 23.8 Å². The van der Waals surface area contributed by atoms with Crippen LogP contribution < -0.4 is 10.1 Å². The van der Waals surface area contributed by atoms with Crippen LogP contribution in [-0.2, 0) is 6.42 Å². The molecule has 1 heterocycles. The number of carbonyl (C=O) groups is 1. The van der Waals surface area contributed by atoms with E-state index >= 15 is 0 Å². The first-order chi connectivity index (χ1) is 7.52. The number of hydrogen-bond donors (Lipinski definition) is 1. The Balaban J connectivity index is 2.30. The van der Waals surface area contributed by atoms with Gasteiger partial charge in [-0.2, -0.15) is 0 Å². The Labute approximate surface area is 99.6 Å². The van der Waals surface area contributed by atoms with Crippen LogP contribution in [0.5, 0.6) is 5.75 Å². The maximum atomic E-state index is 11.2. The standard InChI is InChI=1S/C12H15NO2S/c1-12(2)7-8-5-4-6-9(10(8)16-12)15-11(14)13-3/h4-6H,7H2,1-3H3,(H,13,14). The summed E-state index contributed by atoms with van der Waals surface area (Å²) >= 11 is 1.77. The molecule has 1 N–H and O–H groups in total. The zero-order chi connectivity index (χ0) is 11.8. The van der Waals surface area contributed by atoms with Gasteiger partial charge in [0.25, 0.3) is 0 Å². The SMILES string of the molecule is CNC(=O)Oc1cccc2c1SC(C)(C)C2. The van der Waals surface area contributed by atoms with Crippen molar-refractivity contribution < 1.29 is 9.53 Å². The molecule has 1 aliphatic heterocycles. The third-order valence-corrected chi connectivity index (χ3v) is 3.83. The summed E-state index contributed by atoms with van der Waals surface area (Å²) in [4.78, 5) is 12.3. The number of amides is 1. The largest absolute Gasteiger partial charge is 0.412 e. The number of thioether (sulfide) groups is 1. The van der Waals surface area contributed by atoms with Gasteiger partial charge in [0, 0.05) is 11.8 Å². The number of benzene rings is 1. The second-order valence-electron chi connectivity index (χ2n) is 4.42. The average Bonchev–Trinajstić information content (AvgIpc) is 2.53. The topological polar surface area (TPSA) is 38.3 Å². The van der Waals surface area contributed by atoms with Crippen LogP contribution in [0.15, 0.2) is 23.1 Å². The van der Waals surface area contributed by atoms with Gasteiger partial charge in [-0.25, -0.2) is 4.79 Å². The average molecular weight is 237 g/mol. The third-order valence-electron chi connectivity index (χ3n) is 2.46. The van der Waals surface area contributed by atoms with E-state index in [2.05, 4.69) is 25.2 Å². The van der Waals surface area contributed by atoms with E-state index < -0.39 is 6.09 Å². The maximum absolute atomic E-state index is 11.2. The van der Waals surface area contributed by atoms with E-state index in [0.717, 1.165) is 11.3 Å². The summed E-state index contributed by atoms with van der Waals surface area (Å²) in [5, 5.41) is 2.45. The number of hydrogen-bond acceptors (Lipinski definition) is 3. The molecule has 0 aromatic heterocycles. The Morgan fingerprint density at radius 1 is 1.50 bits per heavy atom. The second-order valence-corrected chi connectivity index (χ2v) is 6.14. The molecule has 0 atom stereocenters. The first-order valence-electron chi connectivity index (χ1n) is 5.22. The highest BCUT2D eigenvalue weighted by Gasteiger charge is 2.31. The van der Waals surface area contributed by atoms with Crippen LogP contribution in [0.1, 0.15) is 19.4 Å². The van der Waals surface area contributed by atoms with E-state index in [1.807, 2.05) is 12.1 Å². The zero-order valence-electron chi connectivity index (χ0n) is 9.66. The molecule has 0 bridgehead atoms. The second kappa shape index (κ2) is 4.01. The van der Waals surface area contributed by atoms with E-state index in [1.165, 1.54) is 5.56 Å². The molecule has 86 valence electrons. The molecule has 4 heteroatoms. The predicted octanol–water partition coefficient (Wildman–Crippen LogP) is 2.83. The van der Waals surface area contributed by atoms with E-state index in [1.54, 1.807) is 18.8 Å². The van der Waals surface area contributed by atoms with E-state index in [-0.39, 0.29) is 4.75 Å².